The summed E-state index contributed by atoms with van der Waals surface area (Å²) in [6.07, 6.45) is 0.487. The molecule has 1 unspecified atom stereocenters. The smallest absolute Gasteiger partial charge is 0.321 e. The average molecular weight is 327 g/mol. The van der Waals surface area contributed by atoms with E-state index >= 15 is 0 Å². The molecule has 0 aromatic heterocycles. The number of carboxylic acid groups (broad SMARTS) is 1. The van der Waals surface area contributed by atoms with Gasteiger partial charge < -0.3 is 20.1 Å². The molecule has 2 amide bonds. The lowest BCUT2D eigenvalue weighted by molar-refractivity contribution is -0.141. The Hall–Kier alpha value is -1.95. The van der Waals surface area contributed by atoms with E-state index in [-0.39, 0.29) is 18.7 Å². The van der Waals surface area contributed by atoms with Crippen molar-refractivity contribution in [2.45, 2.75) is 26.4 Å². The first-order chi connectivity index (χ1) is 10.4. The molecule has 0 saturated carbocycles. The van der Waals surface area contributed by atoms with E-state index in [1.54, 1.807) is 18.2 Å². The fraction of sp³-hybridized carbons (Fsp3) is 0.467. The van der Waals surface area contributed by atoms with E-state index in [0.29, 0.717) is 29.4 Å². The van der Waals surface area contributed by atoms with Crippen LogP contribution >= 0.6 is 11.6 Å². The SMILES string of the molecule is CC(C)Oc1ccc(NC(=O)N2CCC(C(=O)O)C2)cc1Cl. The van der Waals surface area contributed by atoms with Gasteiger partial charge in [-0.15, -0.1) is 0 Å². The van der Waals surface area contributed by atoms with Crippen LogP contribution in [0.3, 0.4) is 0 Å². The number of anilines is 1. The second kappa shape index (κ2) is 6.87. The number of carboxylic acids is 1. The number of hydrogen-bond donors (Lipinski definition) is 2. The summed E-state index contributed by atoms with van der Waals surface area (Å²) in [5.41, 5.74) is 0.546. The quantitative estimate of drug-likeness (QED) is 0.891. The van der Waals surface area contributed by atoms with E-state index in [9.17, 15) is 9.59 Å². The van der Waals surface area contributed by atoms with E-state index in [0.717, 1.165) is 0 Å². The molecule has 0 spiro atoms. The van der Waals surface area contributed by atoms with E-state index < -0.39 is 11.9 Å². The van der Waals surface area contributed by atoms with Gasteiger partial charge in [-0.05, 0) is 38.5 Å². The minimum absolute atomic E-state index is 0.00972. The predicted octanol–water partition coefficient (Wildman–Crippen LogP) is 3.07. The van der Waals surface area contributed by atoms with Crippen LogP contribution in [0.25, 0.3) is 0 Å². The van der Waals surface area contributed by atoms with Crippen LogP contribution in [0.4, 0.5) is 10.5 Å². The van der Waals surface area contributed by atoms with Crippen molar-refractivity contribution in [2.75, 3.05) is 18.4 Å². The van der Waals surface area contributed by atoms with Crippen molar-refractivity contribution < 1.29 is 19.4 Å². The summed E-state index contributed by atoms with van der Waals surface area (Å²) >= 11 is 6.11. The highest BCUT2D eigenvalue weighted by Gasteiger charge is 2.30. The summed E-state index contributed by atoms with van der Waals surface area (Å²) in [4.78, 5) is 24.5. The summed E-state index contributed by atoms with van der Waals surface area (Å²) in [6, 6.07) is 4.69. The van der Waals surface area contributed by atoms with Crippen LogP contribution in [0.5, 0.6) is 5.75 Å². The van der Waals surface area contributed by atoms with Crippen molar-refractivity contribution in [2.24, 2.45) is 5.92 Å². The van der Waals surface area contributed by atoms with Gasteiger partial charge in [0.15, 0.2) is 0 Å². The Morgan fingerprint density at radius 3 is 2.73 bits per heavy atom. The van der Waals surface area contributed by atoms with Crippen LogP contribution < -0.4 is 10.1 Å². The maximum atomic E-state index is 12.1. The van der Waals surface area contributed by atoms with Gasteiger partial charge in [-0.3, -0.25) is 4.79 Å². The molecule has 1 aromatic rings. The highest BCUT2D eigenvalue weighted by molar-refractivity contribution is 6.32. The number of aliphatic carboxylic acids is 1. The van der Waals surface area contributed by atoms with Gasteiger partial charge in [0.05, 0.1) is 17.0 Å². The van der Waals surface area contributed by atoms with E-state index in [2.05, 4.69) is 5.32 Å². The number of likely N-dealkylation sites (tertiary alicyclic amines) is 1. The molecule has 0 aliphatic carbocycles. The van der Waals surface area contributed by atoms with Crippen molar-refractivity contribution in [1.29, 1.82) is 0 Å². The van der Waals surface area contributed by atoms with Crippen molar-refractivity contribution in [1.82, 2.24) is 4.90 Å². The summed E-state index contributed by atoms with van der Waals surface area (Å²) in [5, 5.41) is 12.1. The van der Waals surface area contributed by atoms with Crippen molar-refractivity contribution >= 4 is 29.3 Å². The van der Waals surface area contributed by atoms with Gasteiger partial charge in [0.1, 0.15) is 5.75 Å². The molecule has 22 heavy (non-hydrogen) atoms. The van der Waals surface area contributed by atoms with E-state index in [4.69, 9.17) is 21.4 Å². The number of hydrogen-bond acceptors (Lipinski definition) is 3. The number of carbonyl (C=O) groups excluding carboxylic acids is 1. The lowest BCUT2D eigenvalue weighted by Gasteiger charge is -2.17. The van der Waals surface area contributed by atoms with Gasteiger partial charge >= 0.3 is 12.0 Å². The zero-order chi connectivity index (χ0) is 16.3. The molecule has 1 atom stereocenters. The first kappa shape index (κ1) is 16.4. The normalized spacial score (nSPS) is 17.6. The van der Waals surface area contributed by atoms with Crippen LogP contribution in [0.2, 0.25) is 5.02 Å². The first-order valence-electron chi connectivity index (χ1n) is 7.11. The minimum atomic E-state index is -0.867. The van der Waals surface area contributed by atoms with Gasteiger partial charge in [0.25, 0.3) is 0 Å². The molecule has 0 radical (unpaired) electrons. The molecular formula is C15H19ClN2O4. The number of ether oxygens (including phenoxy) is 1. The molecule has 1 aromatic carbocycles. The van der Waals surface area contributed by atoms with Gasteiger partial charge in [-0.1, -0.05) is 11.6 Å². The highest BCUT2D eigenvalue weighted by Crippen LogP contribution is 2.29. The highest BCUT2D eigenvalue weighted by atomic mass is 35.5. The fourth-order valence-electron chi connectivity index (χ4n) is 2.28. The third kappa shape index (κ3) is 4.04. The number of urea groups is 1. The molecule has 7 heteroatoms. The molecule has 1 aliphatic heterocycles. The number of rotatable bonds is 4. The van der Waals surface area contributed by atoms with Crippen LogP contribution in [0, 0.1) is 5.92 Å². The molecule has 1 saturated heterocycles. The standard InChI is InChI=1S/C15H19ClN2O4/c1-9(2)22-13-4-3-11(7-12(13)16)17-15(21)18-6-5-10(8-18)14(19)20/h3-4,7,9-10H,5-6,8H2,1-2H3,(H,17,21)(H,19,20). The lowest BCUT2D eigenvalue weighted by Crippen LogP contribution is -2.33. The topological polar surface area (TPSA) is 78.9 Å². The van der Waals surface area contributed by atoms with Crippen LogP contribution in [-0.2, 0) is 4.79 Å². The fourth-order valence-corrected chi connectivity index (χ4v) is 2.50. The Bertz CT molecular complexity index is 577. The number of amides is 2. The Labute approximate surface area is 134 Å². The molecule has 6 nitrogen and oxygen atoms in total. The Morgan fingerprint density at radius 1 is 1.45 bits per heavy atom. The van der Waals surface area contributed by atoms with Gasteiger partial charge in [-0.25, -0.2) is 4.79 Å². The number of nitrogens with one attached hydrogen (secondary N) is 1. The molecular weight excluding hydrogens is 308 g/mol. The van der Waals surface area contributed by atoms with Crippen LogP contribution in [0.15, 0.2) is 18.2 Å². The third-order valence-electron chi connectivity index (χ3n) is 3.37. The zero-order valence-corrected chi connectivity index (χ0v) is 13.3. The van der Waals surface area contributed by atoms with Crippen LogP contribution in [-0.4, -0.2) is 41.2 Å². The monoisotopic (exact) mass is 326 g/mol. The number of carbonyl (C=O) groups is 2. The second-order valence-electron chi connectivity index (χ2n) is 5.51. The average Bonchev–Trinajstić information content (AvgIpc) is 2.91. The number of benzene rings is 1. The lowest BCUT2D eigenvalue weighted by atomic mass is 10.1. The summed E-state index contributed by atoms with van der Waals surface area (Å²) in [6.45, 7) is 4.46. The summed E-state index contributed by atoms with van der Waals surface area (Å²) in [5.74, 6) is -0.800. The van der Waals surface area contributed by atoms with Gasteiger partial charge in [-0.2, -0.15) is 0 Å². The molecule has 0 bridgehead atoms. The summed E-state index contributed by atoms with van der Waals surface area (Å²) < 4.78 is 5.52. The van der Waals surface area contributed by atoms with Crippen molar-refractivity contribution in [3.05, 3.63) is 23.2 Å². The third-order valence-corrected chi connectivity index (χ3v) is 3.67. The largest absolute Gasteiger partial charge is 0.489 e. The maximum absolute atomic E-state index is 12.1. The van der Waals surface area contributed by atoms with Crippen molar-refractivity contribution in [3.8, 4) is 5.75 Å². The molecule has 2 N–H and O–H groups in total. The van der Waals surface area contributed by atoms with Crippen LogP contribution in [0.1, 0.15) is 20.3 Å². The molecule has 1 aliphatic rings. The van der Waals surface area contributed by atoms with Gasteiger partial charge in [0, 0.05) is 18.8 Å². The predicted molar refractivity (Wildman–Crippen MR) is 83.6 cm³/mol. The zero-order valence-electron chi connectivity index (χ0n) is 12.5. The Balaban J connectivity index is 1.97. The maximum Gasteiger partial charge on any atom is 0.321 e. The number of halogens is 1. The van der Waals surface area contributed by atoms with E-state index in [1.165, 1.54) is 4.90 Å². The minimum Gasteiger partial charge on any atom is -0.489 e. The Kier molecular flexibility index (Phi) is 5.13. The molecule has 2 rings (SSSR count). The molecule has 120 valence electrons. The van der Waals surface area contributed by atoms with Gasteiger partial charge in [0.2, 0.25) is 0 Å². The molecule has 1 heterocycles. The summed E-state index contributed by atoms with van der Waals surface area (Å²) in [7, 11) is 0. The van der Waals surface area contributed by atoms with E-state index in [1.807, 2.05) is 13.8 Å². The molecule has 1 fully saturated rings. The Morgan fingerprint density at radius 2 is 2.18 bits per heavy atom. The second-order valence-corrected chi connectivity index (χ2v) is 5.92. The number of nitrogens with zero attached hydrogens (tertiary/aromatic N) is 1. The van der Waals surface area contributed by atoms with Crippen molar-refractivity contribution in [3.63, 3.8) is 0 Å². The first-order valence-corrected chi connectivity index (χ1v) is 7.49.